The molecule has 0 aliphatic carbocycles. The number of sulfonamides is 1. The van der Waals surface area contributed by atoms with Crippen LogP contribution >= 0.6 is 0 Å². The van der Waals surface area contributed by atoms with E-state index in [2.05, 4.69) is 4.98 Å². The standard InChI is InChI=1S/C29H30F3N3O3S/c1-2-17-35(39(37,38)25-8-4-3-5-9-25)21-28(36)34(20-22-12-14-24(15-13-22)29(30,31)32)18-16-23-19-33-27-11-7-6-10-26(23)27/h3-15,19,33H,2,16-18,20-21H2,1H3. The molecule has 0 aliphatic heterocycles. The first-order valence-corrected chi connectivity index (χ1v) is 14.1. The number of hydrogen-bond acceptors (Lipinski definition) is 3. The largest absolute Gasteiger partial charge is 0.416 e. The minimum absolute atomic E-state index is 0.0463. The van der Waals surface area contributed by atoms with E-state index in [0.29, 0.717) is 18.4 Å². The molecule has 0 unspecified atom stereocenters. The monoisotopic (exact) mass is 557 g/mol. The number of carbonyl (C=O) groups excluding carboxylic acids is 1. The molecule has 0 fully saturated rings. The van der Waals surface area contributed by atoms with E-state index >= 15 is 0 Å². The number of alkyl halides is 3. The van der Waals surface area contributed by atoms with E-state index in [9.17, 15) is 26.4 Å². The highest BCUT2D eigenvalue weighted by Gasteiger charge is 2.31. The molecule has 6 nitrogen and oxygen atoms in total. The first kappa shape index (κ1) is 28.4. The van der Waals surface area contributed by atoms with Crippen LogP contribution in [-0.2, 0) is 34.0 Å². The average molecular weight is 558 g/mol. The third-order valence-corrected chi connectivity index (χ3v) is 8.36. The number of hydrogen-bond donors (Lipinski definition) is 1. The molecule has 0 atom stereocenters. The van der Waals surface area contributed by atoms with Crippen molar-refractivity contribution in [2.45, 2.75) is 37.4 Å². The second kappa shape index (κ2) is 12.0. The van der Waals surface area contributed by atoms with Gasteiger partial charge in [-0.1, -0.05) is 55.5 Å². The second-order valence-electron chi connectivity index (χ2n) is 9.27. The Morgan fingerprint density at radius 3 is 2.23 bits per heavy atom. The van der Waals surface area contributed by atoms with Crippen LogP contribution < -0.4 is 0 Å². The fourth-order valence-corrected chi connectivity index (χ4v) is 5.93. The van der Waals surface area contributed by atoms with Crippen molar-refractivity contribution in [3.8, 4) is 0 Å². The fraction of sp³-hybridized carbons (Fsp3) is 0.276. The molecular weight excluding hydrogens is 527 g/mol. The number of carbonyl (C=O) groups is 1. The zero-order valence-electron chi connectivity index (χ0n) is 21.5. The average Bonchev–Trinajstić information content (AvgIpc) is 3.34. The second-order valence-corrected chi connectivity index (χ2v) is 11.2. The highest BCUT2D eigenvalue weighted by molar-refractivity contribution is 7.89. The Hall–Kier alpha value is -3.63. The maximum absolute atomic E-state index is 13.6. The van der Waals surface area contributed by atoms with Crippen molar-refractivity contribution < 1.29 is 26.4 Å². The minimum Gasteiger partial charge on any atom is -0.361 e. The number of nitrogens with zero attached hydrogens (tertiary/aromatic N) is 2. The molecule has 39 heavy (non-hydrogen) atoms. The van der Waals surface area contributed by atoms with Crippen molar-refractivity contribution >= 4 is 26.8 Å². The zero-order valence-corrected chi connectivity index (χ0v) is 22.3. The molecule has 10 heteroatoms. The lowest BCUT2D eigenvalue weighted by Crippen LogP contribution is -2.43. The van der Waals surface area contributed by atoms with Crippen LogP contribution in [-0.4, -0.2) is 48.1 Å². The van der Waals surface area contributed by atoms with E-state index in [1.807, 2.05) is 37.4 Å². The highest BCUT2D eigenvalue weighted by atomic mass is 32.2. The fourth-order valence-electron chi connectivity index (χ4n) is 4.43. The summed E-state index contributed by atoms with van der Waals surface area (Å²) in [4.78, 5) is 18.4. The van der Waals surface area contributed by atoms with Gasteiger partial charge in [0.05, 0.1) is 17.0 Å². The summed E-state index contributed by atoms with van der Waals surface area (Å²) in [5.41, 5.74) is 1.68. The summed E-state index contributed by atoms with van der Waals surface area (Å²) in [5.74, 6) is -0.428. The number of H-pyrrole nitrogens is 1. The van der Waals surface area contributed by atoms with E-state index in [-0.39, 0.29) is 31.1 Å². The predicted octanol–water partition coefficient (Wildman–Crippen LogP) is 5.86. The Labute approximate surface area is 226 Å². The van der Waals surface area contributed by atoms with Gasteiger partial charge in [-0.2, -0.15) is 17.5 Å². The summed E-state index contributed by atoms with van der Waals surface area (Å²) in [6.07, 6.45) is -1.60. The molecule has 4 rings (SSSR count). The Kier molecular flexibility index (Phi) is 8.76. The summed E-state index contributed by atoms with van der Waals surface area (Å²) >= 11 is 0. The number of para-hydroxylation sites is 1. The number of fused-ring (bicyclic) bond motifs is 1. The molecule has 4 aromatic rings. The van der Waals surface area contributed by atoms with Crippen LogP contribution in [0.3, 0.4) is 0 Å². The molecule has 206 valence electrons. The van der Waals surface area contributed by atoms with Crippen molar-refractivity contribution in [2.75, 3.05) is 19.6 Å². The van der Waals surface area contributed by atoms with Crippen molar-refractivity contribution in [2.24, 2.45) is 0 Å². The lowest BCUT2D eigenvalue weighted by atomic mass is 10.1. The van der Waals surface area contributed by atoms with Crippen molar-refractivity contribution in [3.05, 3.63) is 102 Å². The van der Waals surface area contributed by atoms with Gasteiger partial charge in [0.2, 0.25) is 15.9 Å². The Bertz CT molecular complexity index is 1500. The van der Waals surface area contributed by atoms with Gasteiger partial charge < -0.3 is 9.88 Å². The molecule has 1 N–H and O–H groups in total. The van der Waals surface area contributed by atoms with E-state index in [1.54, 1.807) is 18.2 Å². The number of aromatic amines is 1. The number of rotatable bonds is 11. The summed E-state index contributed by atoms with van der Waals surface area (Å²) < 4.78 is 66.9. The van der Waals surface area contributed by atoms with Gasteiger partial charge in [0.25, 0.3) is 0 Å². The topological polar surface area (TPSA) is 73.5 Å². The SMILES string of the molecule is CCCN(CC(=O)N(CCc1c[nH]c2ccccc12)Cc1ccc(C(F)(F)F)cc1)S(=O)(=O)c1ccccc1. The molecule has 0 saturated carbocycles. The maximum atomic E-state index is 13.6. The van der Waals surface area contributed by atoms with Crippen LogP contribution in [0.4, 0.5) is 13.2 Å². The van der Waals surface area contributed by atoms with Crippen LogP contribution in [0.1, 0.15) is 30.0 Å². The maximum Gasteiger partial charge on any atom is 0.416 e. The van der Waals surface area contributed by atoms with Gasteiger partial charge in [0, 0.05) is 36.7 Å². The Morgan fingerprint density at radius 2 is 1.56 bits per heavy atom. The summed E-state index contributed by atoms with van der Waals surface area (Å²) in [7, 11) is -3.92. The van der Waals surface area contributed by atoms with E-state index < -0.39 is 27.7 Å². The predicted molar refractivity (Wildman–Crippen MR) is 144 cm³/mol. The van der Waals surface area contributed by atoms with Crippen LogP contribution in [0.5, 0.6) is 0 Å². The number of nitrogens with one attached hydrogen (secondary N) is 1. The van der Waals surface area contributed by atoms with Crippen LogP contribution in [0.2, 0.25) is 0 Å². The van der Waals surface area contributed by atoms with Gasteiger partial charge in [-0.05, 0) is 54.3 Å². The Balaban J connectivity index is 1.58. The van der Waals surface area contributed by atoms with Gasteiger partial charge in [0.1, 0.15) is 0 Å². The quantitative estimate of drug-likeness (QED) is 0.251. The van der Waals surface area contributed by atoms with Crippen molar-refractivity contribution in [1.82, 2.24) is 14.2 Å². The summed E-state index contributed by atoms with van der Waals surface area (Å²) in [6.45, 7) is 1.91. The summed E-state index contributed by atoms with van der Waals surface area (Å²) in [5, 5.41) is 1.01. The molecule has 0 spiro atoms. The normalized spacial score (nSPS) is 12.2. The number of amides is 1. The van der Waals surface area contributed by atoms with Gasteiger partial charge in [0.15, 0.2) is 0 Å². The highest BCUT2D eigenvalue weighted by Crippen LogP contribution is 2.29. The first-order chi connectivity index (χ1) is 18.6. The molecule has 1 aromatic heterocycles. The smallest absolute Gasteiger partial charge is 0.361 e. The third kappa shape index (κ3) is 6.88. The van der Waals surface area contributed by atoms with Crippen LogP contribution in [0.25, 0.3) is 10.9 Å². The van der Waals surface area contributed by atoms with Crippen molar-refractivity contribution in [3.63, 3.8) is 0 Å². The van der Waals surface area contributed by atoms with E-state index in [1.165, 1.54) is 29.2 Å². The molecule has 1 amide bonds. The summed E-state index contributed by atoms with van der Waals surface area (Å²) in [6, 6.07) is 20.3. The lowest BCUT2D eigenvalue weighted by molar-refractivity contribution is -0.137. The first-order valence-electron chi connectivity index (χ1n) is 12.6. The number of aromatic nitrogens is 1. The van der Waals surface area contributed by atoms with E-state index in [4.69, 9.17) is 0 Å². The lowest BCUT2D eigenvalue weighted by Gasteiger charge is -2.27. The van der Waals surface area contributed by atoms with Gasteiger partial charge in [-0.15, -0.1) is 0 Å². The molecule has 0 saturated heterocycles. The zero-order chi connectivity index (χ0) is 28.0. The van der Waals surface area contributed by atoms with E-state index in [0.717, 1.165) is 32.9 Å². The molecule has 0 aliphatic rings. The van der Waals surface area contributed by atoms with Crippen LogP contribution in [0.15, 0.2) is 90.0 Å². The Morgan fingerprint density at radius 1 is 0.897 bits per heavy atom. The van der Waals surface area contributed by atoms with Crippen LogP contribution in [0, 0.1) is 0 Å². The van der Waals surface area contributed by atoms with Crippen molar-refractivity contribution in [1.29, 1.82) is 0 Å². The third-order valence-electron chi connectivity index (χ3n) is 6.50. The number of benzene rings is 3. The number of halogens is 3. The van der Waals surface area contributed by atoms with Gasteiger partial charge in [-0.25, -0.2) is 8.42 Å². The molecular formula is C29H30F3N3O3S. The molecule has 1 heterocycles. The van der Waals surface area contributed by atoms with Gasteiger partial charge >= 0.3 is 6.18 Å². The molecule has 0 bridgehead atoms. The molecule has 0 radical (unpaired) electrons. The minimum atomic E-state index is -4.46. The molecule has 3 aromatic carbocycles. The van der Waals surface area contributed by atoms with Gasteiger partial charge in [-0.3, -0.25) is 4.79 Å².